The van der Waals surface area contributed by atoms with E-state index in [1.54, 1.807) is 0 Å². The Kier molecular flexibility index (Phi) is 8.35. The quantitative estimate of drug-likeness (QED) is 0.198. The number of carbonyl (C=O) groups is 1. The number of rotatable bonds is 2. The monoisotopic (exact) mass is 345 g/mol. The maximum absolute atomic E-state index is 10.5. The first-order valence-corrected chi connectivity index (χ1v) is 3.74. The largest absolute Gasteiger partial charge is 1.00 e. The van der Waals surface area contributed by atoms with E-state index in [0.717, 1.165) is 0 Å². The van der Waals surface area contributed by atoms with Gasteiger partial charge in [-0.1, -0.05) is 0 Å². The number of hydrogen-bond acceptors (Lipinski definition) is 9. The summed E-state index contributed by atoms with van der Waals surface area (Å²) in [6, 6.07) is 0. The average molecular weight is 346 g/mol. The molecule has 0 aliphatic carbocycles. The maximum Gasteiger partial charge on any atom is 1.00 e. The number of hydrogen-bond donors (Lipinski definition) is 4. The topological polar surface area (TPSA) is 173 Å². The van der Waals surface area contributed by atoms with Gasteiger partial charge in [-0.25, -0.2) is 4.79 Å². The molecule has 17 heavy (non-hydrogen) atoms. The van der Waals surface area contributed by atoms with Crippen molar-refractivity contribution in [2.75, 3.05) is 6.61 Å². The Morgan fingerprint density at radius 2 is 1.82 bits per heavy atom. The van der Waals surface area contributed by atoms with E-state index in [9.17, 15) is 4.79 Å². The number of aliphatic hydroxyl groups excluding tert-OH is 4. The van der Waals surface area contributed by atoms with Gasteiger partial charge in [-0.05, 0) is 0 Å². The molecule has 1 heterocycles. The molecule has 0 saturated carbocycles. The third-order valence-electron chi connectivity index (χ3n) is 1.48. The fourth-order valence-corrected chi connectivity index (χ4v) is 0.823. The van der Waals surface area contributed by atoms with Crippen LogP contribution in [0.3, 0.4) is 0 Å². The van der Waals surface area contributed by atoms with Gasteiger partial charge < -0.3 is 40.5 Å². The molecule has 0 radical (unpaired) electrons. The number of nitrogens with zero attached hydrogens (tertiary/aromatic N) is 1. The summed E-state index contributed by atoms with van der Waals surface area (Å²) in [5, 5.41) is 49.8. The van der Waals surface area contributed by atoms with Gasteiger partial charge in [-0.3, -0.25) is 0 Å². The van der Waals surface area contributed by atoms with E-state index in [4.69, 9.17) is 35.7 Å². The number of aliphatic hydroxyl groups is 4. The van der Waals surface area contributed by atoms with Gasteiger partial charge in [-0.15, -0.1) is 0 Å². The zero-order chi connectivity index (χ0) is 12.9. The molecule has 0 amide bonds. The van der Waals surface area contributed by atoms with Gasteiger partial charge in [0.05, 0.1) is 11.7 Å². The molecule has 0 aromatic rings. The van der Waals surface area contributed by atoms with Crippen LogP contribution in [-0.4, -0.2) is 50.3 Å². The van der Waals surface area contributed by atoms with E-state index in [1.165, 1.54) is 0 Å². The normalized spacial score (nSPS) is 19.6. The van der Waals surface area contributed by atoms with E-state index in [1.807, 2.05) is 0 Å². The fraction of sp³-hybridized carbons (Fsp3) is 0.500. The van der Waals surface area contributed by atoms with Crippen molar-refractivity contribution in [3.63, 3.8) is 0 Å². The third kappa shape index (κ3) is 5.51. The summed E-state index contributed by atoms with van der Waals surface area (Å²) in [6.07, 6.45) is -2.78. The van der Waals surface area contributed by atoms with Crippen LogP contribution in [0.5, 0.6) is 0 Å². The molecular weight excluding hydrogens is 338 g/mol. The average Bonchev–Trinajstić information content (AvgIpc) is 2.44. The predicted octanol–water partition coefficient (Wildman–Crippen LogP) is -1.65. The van der Waals surface area contributed by atoms with Crippen LogP contribution < -0.4 is 0 Å². The predicted molar refractivity (Wildman–Crippen MR) is 45.6 cm³/mol. The molecule has 0 fully saturated rings. The van der Waals surface area contributed by atoms with Crippen molar-refractivity contribution < 1.29 is 57.4 Å². The molecule has 102 valence electrons. The summed E-state index contributed by atoms with van der Waals surface area (Å²) >= 11 is 0. The van der Waals surface area contributed by atoms with E-state index < -0.39 is 41.4 Å². The van der Waals surface area contributed by atoms with Crippen LogP contribution in [0.1, 0.15) is 0 Å². The van der Waals surface area contributed by atoms with Crippen molar-refractivity contribution in [3.8, 4) is 0 Å². The first-order valence-electron chi connectivity index (χ1n) is 3.74. The van der Waals surface area contributed by atoms with Gasteiger partial charge in [-0.2, -0.15) is 0 Å². The van der Waals surface area contributed by atoms with Crippen LogP contribution in [0.15, 0.2) is 11.5 Å². The number of carbonyl (C=O) groups excluding carboxylic acids is 1. The molecule has 0 bridgehead atoms. The van der Waals surface area contributed by atoms with E-state index in [-0.39, 0.29) is 22.4 Å². The van der Waals surface area contributed by atoms with Crippen molar-refractivity contribution in [1.82, 2.24) is 0 Å². The second-order valence-corrected chi connectivity index (χ2v) is 2.53. The van der Waals surface area contributed by atoms with Crippen LogP contribution in [0.25, 0.3) is 0 Å². The van der Waals surface area contributed by atoms with Gasteiger partial charge >= 0.3 is 28.3 Å². The minimum Gasteiger partial charge on any atom is -0.505 e. The summed E-state index contributed by atoms with van der Waals surface area (Å²) in [7, 11) is 0. The fourth-order valence-electron chi connectivity index (χ4n) is 0.823. The molecule has 0 unspecified atom stereocenters. The molecule has 0 saturated heterocycles. The molecule has 1 rings (SSSR count). The van der Waals surface area contributed by atoms with Crippen LogP contribution in [-0.2, 0) is 31.9 Å². The first kappa shape index (κ1) is 18.0. The van der Waals surface area contributed by atoms with Crippen molar-refractivity contribution in [2.24, 2.45) is 0 Å². The van der Waals surface area contributed by atoms with E-state index in [0.29, 0.717) is 0 Å². The Morgan fingerprint density at radius 3 is 2.06 bits per heavy atom. The Hall–Kier alpha value is -1.33. The van der Waals surface area contributed by atoms with Gasteiger partial charge in [0.2, 0.25) is 5.76 Å². The van der Waals surface area contributed by atoms with Crippen LogP contribution in [0.2, 0.25) is 0 Å². The minimum atomic E-state index is -1.75. The molecule has 1 aliphatic rings. The SMILES string of the molecule is O=C1O[C@H]([C@@H](O)CO)C(O)=C1O.O=[N+]([O-])[O-].[Ag+]. The Balaban J connectivity index is 0. The zero-order valence-corrected chi connectivity index (χ0v) is 9.42. The zero-order valence-electron chi connectivity index (χ0n) is 7.94. The maximum atomic E-state index is 10.5. The summed E-state index contributed by atoms with van der Waals surface area (Å²) in [5.41, 5.74) is 0. The van der Waals surface area contributed by atoms with E-state index in [2.05, 4.69) is 4.74 Å². The van der Waals surface area contributed by atoms with Crippen LogP contribution in [0, 0.1) is 15.3 Å². The van der Waals surface area contributed by atoms with Crippen molar-refractivity contribution >= 4 is 5.97 Å². The van der Waals surface area contributed by atoms with Gasteiger partial charge in [0.1, 0.15) is 6.10 Å². The first-order chi connectivity index (χ1) is 7.31. The molecular formula is C6H8AgNO9. The molecule has 2 atom stereocenters. The number of ether oxygens (including phenoxy) is 1. The standard InChI is InChI=1S/C6H8O6.Ag.NO3/c7-1-2(8)5-3(9)4(10)6(11)12-5;;2-1(3)4/h2,5,7-10H,1H2;;/q;+1;-1/t2-,5+;;/m0../s1. The Bertz CT molecular complexity index is 313. The van der Waals surface area contributed by atoms with Crippen molar-refractivity contribution in [3.05, 3.63) is 26.8 Å². The smallest absolute Gasteiger partial charge is 0.505 e. The second kappa shape index (κ2) is 7.86. The molecule has 0 spiro atoms. The molecule has 11 heteroatoms. The van der Waals surface area contributed by atoms with Crippen molar-refractivity contribution in [2.45, 2.75) is 12.2 Å². The molecule has 0 aromatic carbocycles. The number of cyclic esters (lactones) is 1. The second-order valence-electron chi connectivity index (χ2n) is 2.53. The third-order valence-corrected chi connectivity index (χ3v) is 1.48. The summed E-state index contributed by atoms with van der Waals surface area (Å²) in [6.45, 7) is -0.671. The van der Waals surface area contributed by atoms with E-state index >= 15 is 0 Å². The molecule has 0 aromatic heterocycles. The Morgan fingerprint density at radius 1 is 1.41 bits per heavy atom. The Labute approximate surface area is 109 Å². The van der Waals surface area contributed by atoms with Crippen LogP contribution in [0.4, 0.5) is 0 Å². The van der Waals surface area contributed by atoms with Crippen LogP contribution >= 0.6 is 0 Å². The number of esters is 1. The van der Waals surface area contributed by atoms with Gasteiger partial charge in [0, 0.05) is 0 Å². The van der Waals surface area contributed by atoms with Gasteiger partial charge in [0.25, 0.3) is 0 Å². The van der Waals surface area contributed by atoms with Gasteiger partial charge in [0.15, 0.2) is 11.9 Å². The minimum absolute atomic E-state index is 0. The molecule has 1 aliphatic heterocycles. The molecule has 10 nitrogen and oxygen atoms in total. The molecule has 4 N–H and O–H groups in total. The van der Waals surface area contributed by atoms with Crippen molar-refractivity contribution in [1.29, 1.82) is 0 Å². The summed E-state index contributed by atoms with van der Waals surface area (Å²) < 4.78 is 4.32. The summed E-state index contributed by atoms with van der Waals surface area (Å²) in [4.78, 5) is 18.8. The summed E-state index contributed by atoms with van der Waals surface area (Å²) in [5.74, 6) is -2.78.